The molecule has 4 aromatic rings. The first-order valence-electron chi connectivity index (χ1n) is 8.59. The molecule has 0 amide bonds. The van der Waals surface area contributed by atoms with Crippen molar-refractivity contribution in [1.29, 1.82) is 0 Å². The summed E-state index contributed by atoms with van der Waals surface area (Å²) in [5.74, 6) is 0.645. The molecule has 4 nitrogen and oxygen atoms in total. The Labute approximate surface area is 152 Å². The number of aryl methyl sites for hydroxylation is 1. The van der Waals surface area contributed by atoms with Gasteiger partial charge in [0.2, 0.25) is 0 Å². The van der Waals surface area contributed by atoms with E-state index in [0.29, 0.717) is 5.75 Å². The number of benzene rings is 3. The Morgan fingerprint density at radius 1 is 0.923 bits per heavy atom. The molecular formula is C22H21NO3. The lowest BCUT2D eigenvalue weighted by molar-refractivity contribution is 0.0495. The third-order valence-electron chi connectivity index (χ3n) is 4.60. The summed E-state index contributed by atoms with van der Waals surface area (Å²) in [4.78, 5) is 0. The highest BCUT2D eigenvalue weighted by atomic mass is 16.7. The third kappa shape index (κ3) is 2.64. The summed E-state index contributed by atoms with van der Waals surface area (Å²) in [6, 6.07) is 20.7. The van der Waals surface area contributed by atoms with Crippen LogP contribution in [0.4, 0.5) is 0 Å². The second-order valence-corrected chi connectivity index (χ2v) is 6.35. The van der Waals surface area contributed by atoms with Gasteiger partial charge >= 0.3 is 0 Å². The van der Waals surface area contributed by atoms with Crippen molar-refractivity contribution >= 4 is 21.8 Å². The number of rotatable bonds is 5. The molecule has 0 saturated heterocycles. The van der Waals surface area contributed by atoms with Gasteiger partial charge in [-0.2, -0.15) is 0 Å². The topological polar surface area (TPSA) is 43.6 Å². The average Bonchev–Trinajstić information content (AvgIpc) is 3.01. The summed E-state index contributed by atoms with van der Waals surface area (Å²) in [5.41, 5.74) is 4.93. The third-order valence-corrected chi connectivity index (χ3v) is 4.60. The summed E-state index contributed by atoms with van der Waals surface area (Å²) >= 11 is 0. The fourth-order valence-corrected chi connectivity index (χ4v) is 3.58. The highest BCUT2D eigenvalue weighted by Crippen LogP contribution is 2.37. The Hall–Kier alpha value is -2.82. The molecule has 26 heavy (non-hydrogen) atoms. The van der Waals surface area contributed by atoms with E-state index in [1.54, 1.807) is 7.11 Å². The molecule has 0 fully saturated rings. The number of aliphatic hydroxyl groups excluding tert-OH is 1. The first-order valence-corrected chi connectivity index (χ1v) is 8.59. The van der Waals surface area contributed by atoms with Gasteiger partial charge in [-0.3, -0.25) is 0 Å². The van der Waals surface area contributed by atoms with E-state index >= 15 is 0 Å². The van der Waals surface area contributed by atoms with Gasteiger partial charge < -0.3 is 19.1 Å². The number of hydrogen-bond acceptors (Lipinski definition) is 3. The van der Waals surface area contributed by atoms with Gasteiger partial charge in [-0.1, -0.05) is 36.4 Å². The maximum atomic E-state index is 9.86. The van der Waals surface area contributed by atoms with Crippen LogP contribution in [0.5, 0.6) is 5.75 Å². The number of para-hydroxylation sites is 2. The first-order chi connectivity index (χ1) is 12.7. The number of hydrogen-bond donors (Lipinski definition) is 1. The highest BCUT2D eigenvalue weighted by Gasteiger charge is 2.18. The number of aliphatic hydroxyl groups is 1. The monoisotopic (exact) mass is 347 g/mol. The molecule has 3 aromatic carbocycles. The van der Waals surface area contributed by atoms with Crippen LogP contribution in [0.15, 0.2) is 60.7 Å². The van der Waals surface area contributed by atoms with Crippen molar-refractivity contribution in [2.75, 3.05) is 13.9 Å². The van der Waals surface area contributed by atoms with Gasteiger partial charge in [0, 0.05) is 23.4 Å². The maximum Gasteiger partial charge on any atom is 0.188 e. The van der Waals surface area contributed by atoms with Gasteiger partial charge in [0.1, 0.15) is 0 Å². The summed E-state index contributed by atoms with van der Waals surface area (Å²) in [7, 11) is 1.59. The zero-order valence-electron chi connectivity index (χ0n) is 14.9. The summed E-state index contributed by atoms with van der Waals surface area (Å²) in [5, 5.41) is 12.2. The minimum absolute atomic E-state index is 0.0924. The van der Waals surface area contributed by atoms with E-state index in [9.17, 15) is 5.11 Å². The van der Waals surface area contributed by atoms with Gasteiger partial charge in [0.25, 0.3) is 0 Å². The van der Waals surface area contributed by atoms with Gasteiger partial charge in [-0.25, -0.2) is 0 Å². The summed E-state index contributed by atoms with van der Waals surface area (Å²) in [6.07, 6.45) is 0. The van der Waals surface area contributed by atoms with Crippen molar-refractivity contribution < 1.29 is 14.6 Å². The normalized spacial score (nSPS) is 11.3. The predicted molar refractivity (Wildman–Crippen MR) is 104 cm³/mol. The zero-order chi connectivity index (χ0) is 18.1. The molecule has 0 unspecified atom stereocenters. The Bertz CT molecular complexity index is 1030. The van der Waals surface area contributed by atoms with Crippen LogP contribution in [-0.2, 0) is 11.3 Å². The van der Waals surface area contributed by atoms with Gasteiger partial charge in [-0.05, 0) is 36.8 Å². The summed E-state index contributed by atoms with van der Waals surface area (Å²) in [6.45, 7) is 2.06. The molecule has 0 atom stereocenters. The molecule has 0 bridgehead atoms. The largest absolute Gasteiger partial charge is 0.465 e. The van der Waals surface area contributed by atoms with Crippen molar-refractivity contribution in [2.24, 2.45) is 0 Å². The van der Waals surface area contributed by atoms with Crippen LogP contribution >= 0.6 is 0 Å². The molecule has 132 valence electrons. The first kappa shape index (κ1) is 16.6. The molecular weight excluding hydrogens is 326 g/mol. The van der Waals surface area contributed by atoms with Gasteiger partial charge in [-0.15, -0.1) is 0 Å². The standard InChI is InChI=1S/C22H21NO3/c1-15-11-16(13-24)22(26-14-25-2)21(12-15)23-19-9-5-3-7-17(19)18-8-4-6-10-20(18)23/h3-12,24H,13-14H2,1-2H3. The quantitative estimate of drug-likeness (QED) is 0.538. The number of ether oxygens (including phenoxy) is 2. The van der Waals surface area contributed by atoms with E-state index in [1.807, 2.05) is 25.1 Å². The predicted octanol–water partition coefficient (Wildman–Crippen LogP) is 4.57. The molecule has 0 spiro atoms. The minimum atomic E-state index is -0.0924. The van der Waals surface area contributed by atoms with E-state index in [4.69, 9.17) is 9.47 Å². The second kappa shape index (κ2) is 6.83. The van der Waals surface area contributed by atoms with E-state index in [0.717, 1.165) is 27.8 Å². The van der Waals surface area contributed by atoms with Crippen molar-refractivity contribution in [3.8, 4) is 11.4 Å². The smallest absolute Gasteiger partial charge is 0.188 e. The Kier molecular flexibility index (Phi) is 4.37. The number of methoxy groups -OCH3 is 1. The highest BCUT2D eigenvalue weighted by molar-refractivity contribution is 6.09. The average molecular weight is 347 g/mol. The fraction of sp³-hybridized carbons (Fsp3) is 0.182. The van der Waals surface area contributed by atoms with Crippen molar-refractivity contribution in [3.05, 3.63) is 71.8 Å². The van der Waals surface area contributed by atoms with Crippen LogP contribution in [0.25, 0.3) is 27.5 Å². The molecule has 0 saturated carbocycles. The molecule has 4 heteroatoms. The van der Waals surface area contributed by atoms with Crippen molar-refractivity contribution in [2.45, 2.75) is 13.5 Å². The van der Waals surface area contributed by atoms with Gasteiger partial charge in [0.15, 0.2) is 12.5 Å². The van der Waals surface area contributed by atoms with Crippen LogP contribution in [-0.4, -0.2) is 23.6 Å². The Balaban J connectivity index is 2.10. The van der Waals surface area contributed by atoms with E-state index in [2.05, 4.69) is 47.0 Å². The molecule has 1 heterocycles. The van der Waals surface area contributed by atoms with Crippen LogP contribution in [0.3, 0.4) is 0 Å². The maximum absolute atomic E-state index is 9.86. The lowest BCUT2D eigenvalue weighted by Gasteiger charge is -2.18. The van der Waals surface area contributed by atoms with Gasteiger partial charge in [0.05, 0.1) is 23.3 Å². The zero-order valence-corrected chi connectivity index (χ0v) is 14.9. The van der Waals surface area contributed by atoms with Crippen molar-refractivity contribution in [3.63, 3.8) is 0 Å². The molecule has 0 radical (unpaired) electrons. The Morgan fingerprint density at radius 2 is 1.54 bits per heavy atom. The molecule has 4 rings (SSSR count). The van der Waals surface area contributed by atoms with Crippen LogP contribution in [0.2, 0.25) is 0 Å². The molecule has 1 aromatic heterocycles. The number of aromatic nitrogens is 1. The number of fused-ring (bicyclic) bond motifs is 3. The molecule has 0 aliphatic carbocycles. The molecule has 0 aliphatic rings. The van der Waals surface area contributed by atoms with E-state index < -0.39 is 0 Å². The van der Waals surface area contributed by atoms with E-state index in [1.165, 1.54) is 10.8 Å². The number of nitrogens with zero attached hydrogens (tertiary/aromatic N) is 1. The van der Waals surface area contributed by atoms with Crippen LogP contribution in [0.1, 0.15) is 11.1 Å². The lowest BCUT2D eigenvalue weighted by atomic mass is 10.1. The van der Waals surface area contributed by atoms with Crippen molar-refractivity contribution in [1.82, 2.24) is 4.57 Å². The minimum Gasteiger partial charge on any atom is -0.465 e. The SMILES string of the molecule is COCOc1c(CO)cc(C)cc1-n1c2ccccc2c2ccccc21. The molecule has 0 aliphatic heterocycles. The van der Waals surface area contributed by atoms with Crippen LogP contribution in [0, 0.1) is 6.92 Å². The lowest BCUT2D eigenvalue weighted by Crippen LogP contribution is -2.07. The fourth-order valence-electron chi connectivity index (χ4n) is 3.58. The Morgan fingerprint density at radius 3 is 2.12 bits per heavy atom. The summed E-state index contributed by atoms with van der Waals surface area (Å²) < 4.78 is 13.2. The van der Waals surface area contributed by atoms with E-state index in [-0.39, 0.29) is 13.4 Å². The molecule has 1 N–H and O–H groups in total. The second-order valence-electron chi connectivity index (χ2n) is 6.35. The van der Waals surface area contributed by atoms with Crippen LogP contribution < -0.4 is 4.74 Å².